The number of anilines is 1. The van der Waals surface area contributed by atoms with E-state index in [4.69, 9.17) is 0 Å². The van der Waals surface area contributed by atoms with E-state index in [1.165, 1.54) is 25.2 Å². The van der Waals surface area contributed by atoms with Crippen LogP contribution in [0, 0.1) is 20.2 Å². The van der Waals surface area contributed by atoms with E-state index in [9.17, 15) is 29.8 Å². The molecule has 10 nitrogen and oxygen atoms in total. The van der Waals surface area contributed by atoms with Crippen LogP contribution in [0.3, 0.4) is 0 Å². The van der Waals surface area contributed by atoms with Gasteiger partial charge in [-0.1, -0.05) is 0 Å². The van der Waals surface area contributed by atoms with Crippen LogP contribution in [0.5, 0.6) is 0 Å². The molecule has 0 aromatic heterocycles. The molecule has 0 saturated carbocycles. The second kappa shape index (κ2) is 7.17. The Kier molecular flexibility index (Phi) is 5.03. The van der Waals surface area contributed by atoms with E-state index in [-0.39, 0.29) is 28.2 Å². The standard InChI is InChI=1S/C15H12N4O6/c1-16-15(21)12-7-6-11(19(24)25)8-13(12)17-14(20)9-2-4-10(5-3-9)18(22)23/h2-8H,1H3,(H,16,21)(H,17,20). The molecule has 0 aliphatic heterocycles. The molecule has 2 amide bonds. The maximum absolute atomic E-state index is 12.3. The van der Waals surface area contributed by atoms with Gasteiger partial charge in [0.1, 0.15) is 0 Å². The molecule has 0 bridgehead atoms. The summed E-state index contributed by atoms with van der Waals surface area (Å²) < 4.78 is 0. The smallest absolute Gasteiger partial charge is 0.271 e. The Morgan fingerprint density at radius 1 is 0.880 bits per heavy atom. The average molecular weight is 344 g/mol. The van der Waals surface area contributed by atoms with Crippen LogP contribution >= 0.6 is 0 Å². The molecule has 0 fully saturated rings. The Bertz CT molecular complexity index is 863. The van der Waals surface area contributed by atoms with Crippen LogP contribution in [-0.4, -0.2) is 28.7 Å². The van der Waals surface area contributed by atoms with Gasteiger partial charge < -0.3 is 10.6 Å². The van der Waals surface area contributed by atoms with E-state index in [0.717, 1.165) is 24.3 Å². The zero-order valence-electron chi connectivity index (χ0n) is 12.9. The first-order valence-electron chi connectivity index (χ1n) is 6.90. The number of carbonyl (C=O) groups excluding carboxylic acids is 2. The summed E-state index contributed by atoms with van der Waals surface area (Å²) in [5, 5.41) is 26.3. The number of non-ortho nitro benzene ring substituents is 2. The third-order valence-electron chi connectivity index (χ3n) is 3.27. The first-order valence-corrected chi connectivity index (χ1v) is 6.90. The van der Waals surface area contributed by atoms with Crippen LogP contribution in [0.15, 0.2) is 42.5 Å². The van der Waals surface area contributed by atoms with Crippen LogP contribution in [0.2, 0.25) is 0 Å². The molecule has 0 heterocycles. The third kappa shape index (κ3) is 3.93. The fourth-order valence-corrected chi connectivity index (χ4v) is 2.01. The maximum atomic E-state index is 12.3. The fraction of sp³-hybridized carbons (Fsp3) is 0.0667. The van der Waals surface area contributed by atoms with Gasteiger partial charge in [0.05, 0.1) is 21.1 Å². The second-order valence-electron chi connectivity index (χ2n) is 4.82. The monoisotopic (exact) mass is 344 g/mol. The Hall–Kier alpha value is -3.82. The molecular formula is C15H12N4O6. The van der Waals surface area contributed by atoms with Crippen molar-refractivity contribution < 1.29 is 19.4 Å². The van der Waals surface area contributed by atoms with Crippen molar-refractivity contribution in [2.45, 2.75) is 0 Å². The molecule has 0 saturated heterocycles. The van der Waals surface area contributed by atoms with Crippen LogP contribution < -0.4 is 10.6 Å². The summed E-state index contributed by atoms with van der Waals surface area (Å²) in [6.45, 7) is 0. The Morgan fingerprint density at radius 3 is 1.96 bits per heavy atom. The highest BCUT2D eigenvalue weighted by Gasteiger charge is 2.18. The number of carbonyl (C=O) groups is 2. The lowest BCUT2D eigenvalue weighted by molar-refractivity contribution is -0.385. The van der Waals surface area contributed by atoms with E-state index < -0.39 is 21.7 Å². The summed E-state index contributed by atoms with van der Waals surface area (Å²) in [4.78, 5) is 44.4. The lowest BCUT2D eigenvalue weighted by Crippen LogP contribution is -2.21. The van der Waals surface area contributed by atoms with Crippen molar-refractivity contribution in [1.29, 1.82) is 0 Å². The number of nitro groups is 2. The molecule has 0 radical (unpaired) electrons. The maximum Gasteiger partial charge on any atom is 0.271 e. The van der Waals surface area contributed by atoms with Crippen LogP contribution in [0.1, 0.15) is 20.7 Å². The number of nitrogens with one attached hydrogen (secondary N) is 2. The molecule has 0 aliphatic carbocycles. The van der Waals surface area contributed by atoms with Gasteiger partial charge in [0.25, 0.3) is 23.2 Å². The number of benzene rings is 2. The highest BCUT2D eigenvalue weighted by atomic mass is 16.6. The molecule has 0 atom stereocenters. The molecule has 2 aromatic rings. The summed E-state index contributed by atoms with van der Waals surface area (Å²) in [5.41, 5.74) is -0.384. The van der Waals surface area contributed by atoms with Crippen molar-refractivity contribution in [2.24, 2.45) is 0 Å². The number of nitro benzene ring substituents is 2. The summed E-state index contributed by atoms with van der Waals surface area (Å²) in [5.74, 6) is -1.20. The topological polar surface area (TPSA) is 144 Å². The van der Waals surface area contributed by atoms with Crippen LogP contribution in [-0.2, 0) is 0 Å². The van der Waals surface area contributed by atoms with Gasteiger partial charge in [-0.3, -0.25) is 29.8 Å². The second-order valence-corrected chi connectivity index (χ2v) is 4.82. The van der Waals surface area contributed by atoms with Gasteiger partial charge >= 0.3 is 0 Å². The van der Waals surface area contributed by atoms with Crippen molar-refractivity contribution in [3.63, 3.8) is 0 Å². The molecule has 128 valence electrons. The molecule has 2 N–H and O–H groups in total. The first kappa shape index (κ1) is 17.5. The zero-order valence-corrected chi connectivity index (χ0v) is 12.9. The van der Waals surface area contributed by atoms with Gasteiger partial charge in [-0.25, -0.2) is 0 Å². The third-order valence-corrected chi connectivity index (χ3v) is 3.27. The number of hydrogen-bond donors (Lipinski definition) is 2. The van der Waals surface area contributed by atoms with Gasteiger partial charge in [0.2, 0.25) is 0 Å². The quantitative estimate of drug-likeness (QED) is 0.627. The average Bonchev–Trinajstić information content (AvgIpc) is 2.60. The molecule has 10 heteroatoms. The minimum atomic E-state index is -0.666. The molecular weight excluding hydrogens is 332 g/mol. The SMILES string of the molecule is CNC(=O)c1ccc([N+](=O)[O-])cc1NC(=O)c1ccc([N+](=O)[O-])cc1. The van der Waals surface area contributed by atoms with Crippen molar-refractivity contribution in [2.75, 3.05) is 12.4 Å². The Labute approximate surface area is 140 Å². The van der Waals surface area contributed by atoms with Gasteiger partial charge in [-0.2, -0.15) is 0 Å². The summed E-state index contributed by atoms with van der Waals surface area (Å²) >= 11 is 0. The predicted octanol–water partition coefficient (Wildman–Crippen LogP) is 2.11. The summed E-state index contributed by atoms with van der Waals surface area (Å²) in [6.07, 6.45) is 0. The number of amides is 2. The zero-order chi connectivity index (χ0) is 18.6. The fourth-order valence-electron chi connectivity index (χ4n) is 2.01. The highest BCUT2D eigenvalue weighted by molar-refractivity contribution is 6.09. The van der Waals surface area contributed by atoms with Crippen LogP contribution in [0.25, 0.3) is 0 Å². The molecule has 25 heavy (non-hydrogen) atoms. The van der Waals surface area contributed by atoms with Crippen molar-refractivity contribution in [3.8, 4) is 0 Å². The minimum absolute atomic E-state index is 0.0445. The summed E-state index contributed by atoms with van der Waals surface area (Å²) in [7, 11) is 1.38. The number of hydrogen-bond acceptors (Lipinski definition) is 6. The predicted molar refractivity (Wildman–Crippen MR) is 87.5 cm³/mol. The Balaban J connectivity index is 2.35. The number of nitrogens with zero attached hydrogens (tertiary/aromatic N) is 2. The lowest BCUT2D eigenvalue weighted by atomic mass is 10.1. The van der Waals surface area contributed by atoms with E-state index in [0.29, 0.717) is 0 Å². The Morgan fingerprint density at radius 2 is 1.44 bits per heavy atom. The van der Waals surface area contributed by atoms with Gasteiger partial charge in [-0.15, -0.1) is 0 Å². The van der Waals surface area contributed by atoms with E-state index >= 15 is 0 Å². The minimum Gasteiger partial charge on any atom is -0.355 e. The van der Waals surface area contributed by atoms with Crippen molar-refractivity contribution in [3.05, 3.63) is 73.8 Å². The molecule has 0 unspecified atom stereocenters. The van der Waals surface area contributed by atoms with Gasteiger partial charge in [-0.05, 0) is 18.2 Å². The lowest BCUT2D eigenvalue weighted by Gasteiger charge is -2.10. The molecule has 0 spiro atoms. The van der Waals surface area contributed by atoms with Gasteiger partial charge in [0.15, 0.2) is 0 Å². The normalized spacial score (nSPS) is 9.96. The van der Waals surface area contributed by atoms with Gasteiger partial charge in [0, 0.05) is 36.9 Å². The highest BCUT2D eigenvalue weighted by Crippen LogP contribution is 2.23. The molecule has 2 rings (SSSR count). The van der Waals surface area contributed by atoms with Crippen LogP contribution in [0.4, 0.5) is 17.1 Å². The van der Waals surface area contributed by atoms with E-state index in [2.05, 4.69) is 10.6 Å². The van der Waals surface area contributed by atoms with E-state index in [1.807, 2.05) is 0 Å². The molecule has 0 aliphatic rings. The summed E-state index contributed by atoms with van der Waals surface area (Å²) in [6, 6.07) is 8.22. The molecule has 2 aromatic carbocycles. The number of rotatable bonds is 5. The largest absolute Gasteiger partial charge is 0.355 e. The van der Waals surface area contributed by atoms with E-state index in [1.54, 1.807) is 0 Å². The first-order chi connectivity index (χ1) is 11.8. The van der Waals surface area contributed by atoms with Crippen molar-refractivity contribution >= 4 is 28.9 Å². The van der Waals surface area contributed by atoms with Crippen molar-refractivity contribution in [1.82, 2.24) is 5.32 Å².